The lowest BCUT2D eigenvalue weighted by Gasteiger charge is -2.22. The number of H-pyrrole nitrogens is 1. The molecule has 0 saturated carbocycles. The molecule has 1 aromatic rings. The first-order valence-electron chi connectivity index (χ1n) is 6.54. The van der Waals surface area contributed by atoms with Gasteiger partial charge >= 0.3 is 0 Å². The molecule has 0 radical (unpaired) electrons. The van der Waals surface area contributed by atoms with E-state index in [1.807, 2.05) is 20.2 Å². The summed E-state index contributed by atoms with van der Waals surface area (Å²) in [4.78, 5) is 20.6. The van der Waals surface area contributed by atoms with E-state index in [2.05, 4.69) is 21.8 Å². The summed E-state index contributed by atoms with van der Waals surface area (Å²) < 4.78 is 0. The molecule has 5 nitrogen and oxygen atoms in total. The third kappa shape index (κ3) is 4.87. The van der Waals surface area contributed by atoms with Gasteiger partial charge in [-0.25, -0.2) is 4.98 Å². The Bertz CT molecular complexity index is 375. The molecule has 0 aliphatic carbocycles. The summed E-state index contributed by atoms with van der Waals surface area (Å²) in [5.74, 6) is 0.783. The van der Waals surface area contributed by atoms with Crippen LogP contribution in [0.2, 0.25) is 0 Å². The van der Waals surface area contributed by atoms with Crippen molar-refractivity contribution in [3.63, 3.8) is 0 Å². The van der Waals surface area contributed by atoms with Gasteiger partial charge in [0.25, 0.3) is 0 Å². The van der Waals surface area contributed by atoms with Gasteiger partial charge in [-0.05, 0) is 20.4 Å². The van der Waals surface area contributed by atoms with Crippen LogP contribution < -0.4 is 5.73 Å². The van der Waals surface area contributed by atoms with Gasteiger partial charge in [-0.3, -0.25) is 9.69 Å². The zero-order valence-electron chi connectivity index (χ0n) is 11.6. The number of rotatable bonds is 8. The van der Waals surface area contributed by atoms with Crippen molar-refractivity contribution < 1.29 is 4.79 Å². The maximum absolute atomic E-state index is 10.9. The second kappa shape index (κ2) is 7.16. The average Bonchev–Trinajstić information content (AvgIpc) is 2.73. The first-order valence-corrected chi connectivity index (χ1v) is 6.54. The monoisotopic (exact) mass is 252 g/mol. The quantitative estimate of drug-likeness (QED) is 0.735. The lowest BCUT2D eigenvalue weighted by molar-refractivity contribution is -0.119. The summed E-state index contributed by atoms with van der Waals surface area (Å²) in [6.45, 7) is 4.93. The molecule has 0 aliphatic heterocycles. The van der Waals surface area contributed by atoms with E-state index in [-0.39, 0.29) is 11.9 Å². The molecule has 0 saturated heterocycles. The van der Waals surface area contributed by atoms with E-state index in [4.69, 9.17) is 5.73 Å². The van der Waals surface area contributed by atoms with Crippen molar-refractivity contribution >= 4 is 5.91 Å². The van der Waals surface area contributed by atoms with Crippen LogP contribution in [0.15, 0.2) is 6.20 Å². The highest BCUT2D eigenvalue weighted by Gasteiger charge is 2.13. The molecule has 0 aromatic carbocycles. The van der Waals surface area contributed by atoms with Crippen molar-refractivity contribution in [1.29, 1.82) is 0 Å². The van der Waals surface area contributed by atoms with Crippen molar-refractivity contribution in [3.05, 3.63) is 17.7 Å². The topological polar surface area (TPSA) is 75.0 Å². The maximum atomic E-state index is 10.9. The molecular formula is C13H24N4O. The van der Waals surface area contributed by atoms with Gasteiger partial charge in [0, 0.05) is 37.3 Å². The predicted molar refractivity (Wildman–Crippen MR) is 71.9 cm³/mol. The van der Waals surface area contributed by atoms with Crippen molar-refractivity contribution in [2.24, 2.45) is 5.73 Å². The van der Waals surface area contributed by atoms with E-state index in [9.17, 15) is 4.79 Å². The lowest BCUT2D eigenvalue weighted by Crippen LogP contribution is -2.32. The van der Waals surface area contributed by atoms with Gasteiger partial charge < -0.3 is 10.7 Å². The maximum Gasteiger partial charge on any atom is 0.218 e. The third-order valence-electron chi connectivity index (χ3n) is 3.12. The Labute approximate surface area is 109 Å². The summed E-state index contributed by atoms with van der Waals surface area (Å²) in [5.41, 5.74) is 6.28. The number of imidazole rings is 1. The number of primary amides is 1. The molecule has 0 fully saturated rings. The second-order valence-electron chi connectivity index (χ2n) is 4.89. The van der Waals surface area contributed by atoms with Crippen LogP contribution in [-0.4, -0.2) is 33.9 Å². The van der Waals surface area contributed by atoms with Crippen LogP contribution in [-0.2, 0) is 17.8 Å². The largest absolute Gasteiger partial charge is 0.370 e. The van der Waals surface area contributed by atoms with Crippen molar-refractivity contribution in [2.75, 3.05) is 7.05 Å². The Morgan fingerprint density at radius 3 is 2.94 bits per heavy atom. The molecule has 18 heavy (non-hydrogen) atoms. The van der Waals surface area contributed by atoms with Crippen LogP contribution in [0.25, 0.3) is 0 Å². The minimum absolute atomic E-state index is 0.143. The van der Waals surface area contributed by atoms with Crippen LogP contribution in [0.4, 0.5) is 0 Å². The molecule has 1 aromatic heterocycles. The molecule has 0 spiro atoms. The lowest BCUT2D eigenvalue weighted by atomic mass is 10.2. The van der Waals surface area contributed by atoms with Gasteiger partial charge in [0.1, 0.15) is 5.82 Å². The van der Waals surface area contributed by atoms with Crippen LogP contribution in [0.1, 0.15) is 44.6 Å². The van der Waals surface area contributed by atoms with Gasteiger partial charge in [-0.1, -0.05) is 13.3 Å². The van der Waals surface area contributed by atoms with E-state index >= 15 is 0 Å². The number of hydrogen-bond acceptors (Lipinski definition) is 3. The second-order valence-corrected chi connectivity index (χ2v) is 4.89. The number of unbranched alkanes of at least 4 members (excludes halogenated alkanes) is 1. The molecule has 5 heteroatoms. The zero-order chi connectivity index (χ0) is 13.5. The van der Waals surface area contributed by atoms with E-state index in [0.717, 1.165) is 30.9 Å². The Morgan fingerprint density at radius 1 is 1.61 bits per heavy atom. The van der Waals surface area contributed by atoms with E-state index < -0.39 is 0 Å². The molecule has 1 unspecified atom stereocenters. The molecule has 0 aliphatic rings. The summed E-state index contributed by atoms with van der Waals surface area (Å²) in [7, 11) is 1.99. The number of aromatic nitrogens is 2. The SMILES string of the molecule is CCCCc1ncc(CN(C)C(C)CC(N)=O)[nH]1. The van der Waals surface area contributed by atoms with Crippen LogP contribution in [0, 0.1) is 0 Å². The van der Waals surface area contributed by atoms with Crippen LogP contribution in [0.3, 0.4) is 0 Å². The minimum Gasteiger partial charge on any atom is -0.370 e. The summed E-state index contributed by atoms with van der Waals surface area (Å²) in [6.07, 6.45) is 5.58. The average molecular weight is 252 g/mol. The normalized spacial score (nSPS) is 12.9. The van der Waals surface area contributed by atoms with E-state index in [0.29, 0.717) is 6.42 Å². The molecular weight excluding hydrogens is 228 g/mol. The fourth-order valence-corrected chi connectivity index (χ4v) is 1.83. The molecule has 0 bridgehead atoms. The number of nitrogens with one attached hydrogen (secondary N) is 1. The highest BCUT2D eigenvalue weighted by molar-refractivity contribution is 5.74. The number of carbonyl (C=O) groups is 1. The number of aryl methyl sites for hydroxylation is 1. The van der Waals surface area contributed by atoms with Crippen LogP contribution >= 0.6 is 0 Å². The summed E-state index contributed by atoms with van der Waals surface area (Å²) >= 11 is 0. The molecule has 102 valence electrons. The number of aromatic amines is 1. The minimum atomic E-state index is -0.261. The van der Waals surface area contributed by atoms with Gasteiger partial charge in [0.2, 0.25) is 5.91 Å². The van der Waals surface area contributed by atoms with Crippen LogP contribution in [0.5, 0.6) is 0 Å². The molecule has 1 amide bonds. The third-order valence-corrected chi connectivity index (χ3v) is 3.12. The molecule has 3 N–H and O–H groups in total. The number of hydrogen-bond donors (Lipinski definition) is 2. The molecule has 1 rings (SSSR count). The summed E-state index contributed by atoms with van der Waals surface area (Å²) in [6, 6.07) is 0.143. The smallest absolute Gasteiger partial charge is 0.218 e. The number of nitrogens with zero attached hydrogens (tertiary/aromatic N) is 2. The first-order chi connectivity index (χ1) is 8.52. The van der Waals surface area contributed by atoms with Gasteiger partial charge in [-0.2, -0.15) is 0 Å². The highest BCUT2D eigenvalue weighted by Crippen LogP contribution is 2.08. The van der Waals surface area contributed by atoms with E-state index in [1.54, 1.807) is 0 Å². The van der Waals surface area contributed by atoms with Crippen molar-refractivity contribution in [3.8, 4) is 0 Å². The van der Waals surface area contributed by atoms with Crippen molar-refractivity contribution in [1.82, 2.24) is 14.9 Å². The standard InChI is InChI=1S/C13H24N4O/c1-4-5-6-13-15-8-11(16-13)9-17(3)10(2)7-12(14)18/h8,10H,4-7,9H2,1-3H3,(H2,14,18)(H,15,16). The number of amides is 1. The predicted octanol–water partition coefficient (Wildman–Crippen LogP) is 1.45. The first kappa shape index (κ1) is 14.7. The molecule has 1 heterocycles. The summed E-state index contributed by atoms with van der Waals surface area (Å²) in [5, 5.41) is 0. The number of nitrogens with two attached hydrogens (primary N) is 1. The fraction of sp³-hybridized carbons (Fsp3) is 0.692. The van der Waals surface area contributed by atoms with Gasteiger partial charge in [0.05, 0.1) is 0 Å². The number of carbonyl (C=O) groups excluding carboxylic acids is 1. The Balaban J connectivity index is 2.46. The van der Waals surface area contributed by atoms with Crippen molar-refractivity contribution in [2.45, 2.75) is 52.1 Å². The fourth-order valence-electron chi connectivity index (χ4n) is 1.83. The highest BCUT2D eigenvalue weighted by atomic mass is 16.1. The zero-order valence-corrected chi connectivity index (χ0v) is 11.6. The Morgan fingerprint density at radius 2 is 2.33 bits per heavy atom. The van der Waals surface area contributed by atoms with Gasteiger partial charge in [-0.15, -0.1) is 0 Å². The van der Waals surface area contributed by atoms with Gasteiger partial charge in [0.15, 0.2) is 0 Å². The molecule has 1 atom stereocenters. The van der Waals surface area contributed by atoms with E-state index in [1.165, 1.54) is 6.42 Å². The Hall–Kier alpha value is -1.36. The Kier molecular flexibility index (Phi) is 5.85.